The Morgan fingerprint density at radius 2 is 1.38 bits per heavy atom. The van der Waals surface area contributed by atoms with E-state index in [9.17, 15) is 39.3 Å². The number of nitrogens with one attached hydrogen (secondary N) is 1. The second-order valence-corrected chi connectivity index (χ2v) is 18.0. The average molecular weight is 868 g/mol. The van der Waals surface area contributed by atoms with Gasteiger partial charge in [0.15, 0.2) is 6.10 Å². The number of aliphatic hydroxyl groups excluding tert-OH is 2. The number of amides is 1. The molecule has 15 heteroatoms. The van der Waals surface area contributed by atoms with Crippen LogP contribution in [0.1, 0.15) is 99.2 Å². The van der Waals surface area contributed by atoms with E-state index in [1.54, 1.807) is 79.7 Å². The van der Waals surface area contributed by atoms with Gasteiger partial charge in [-0.2, -0.15) is 0 Å². The predicted molar refractivity (Wildman–Crippen MR) is 222 cm³/mol. The Kier molecular flexibility index (Phi) is 11.6. The molecule has 2 heterocycles. The smallest absolute Gasteiger partial charge is 0.338 e. The van der Waals surface area contributed by atoms with E-state index in [4.69, 9.17) is 23.7 Å². The highest BCUT2D eigenvalue weighted by Gasteiger charge is 2.82. The first kappa shape index (κ1) is 45.3. The van der Waals surface area contributed by atoms with Crippen molar-refractivity contribution in [2.75, 3.05) is 0 Å². The standard InChI is InChI=1S/C48H53NO14/c1-25-17-15-16-22-31(25)35(49-40(54)29-18-11-9-12-19-29)36(53)42(56)59-32-24-47(58)39(60-41(55)30-20-13-10-14-21-30)38-45(7)33(52)23-34(46(38,8)61-27(3)50)63-48(43(45)57,62-28(4)51)37(26(32)2)44(47,5)6/h9-22,32-36,38-39,52-53,58H,23-24H2,1-8H3,(H,49,54)/t32-,33-,34+,35-,36+,38-,39-,45+,46-,47+,48-/m0/s1. The monoisotopic (exact) mass is 867 g/mol. The van der Waals surface area contributed by atoms with Crippen molar-refractivity contribution < 1.29 is 67.8 Å². The van der Waals surface area contributed by atoms with Crippen LogP contribution in [0.4, 0.5) is 0 Å². The van der Waals surface area contributed by atoms with Crippen molar-refractivity contribution in [2.45, 2.75) is 122 Å². The van der Waals surface area contributed by atoms with Crippen molar-refractivity contribution >= 4 is 35.6 Å². The summed E-state index contributed by atoms with van der Waals surface area (Å²) in [5, 5.41) is 40.5. The Labute approximate surface area is 364 Å². The van der Waals surface area contributed by atoms with Gasteiger partial charge < -0.3 is 44.3 Å². The molecular weight excluding hydrogens is 815 g/mol. The van der Waals surface area contributed by atoms with E-state index in [2.05, 4.69) is 5.32 Å². The Morgan fingerprint density at radius 3 is 1.97 bits per heavy atom. The Balaban J connectivity index is 1.43. The van der Waals surface area contributed by atoms with E-state index in [0.717, 1.165) is 13.8 Å². The molecule has 6 bridgehead atoms. The lowest BCUT2D eigenvalue weighted by atomic mass is 9.46. The Morgan fingerprint density at radius 1 is 0.810 bits per heavy atom. The number of hydrogen-bond acceptors (Lipinski definition) is 14. The summed E-state index contributed by atoms with van der Waals surface area (Å²) in [6.45, 7) is 11.3. The number of esters is 4. The highest BCUT2D eigenvalue weighted by Crippen LogP contribution is 2.67. The van der Waals surface area contributed by atoms with Crippen LogP contribution in [0.3, 0.4) is 0 Å². The summed E-state index contributed by atoms with van der Waals surface area (Å²) in [6, 6.07) is 21.5. The quantitative estimate of drug-likeness (QED) is 0.126. The van der Waals surface area contributed by atoms with Crippen LogP contribution in [-0.2, 0) is 42.9 Å². The average Bonchev–Trinajstić information content (AvgIpc) is 3.33. The lowest BCUT2D eigenvalue weighted by molar-refractivity contribution is -0.266. The van der Waals surface area contributed by atoms with Gasteiger partial charge in [-0.3, -0.25) is 19.2 Å². The number of hydrogen-bond donors (Lipinski definition) is 4. The van der Waals surface area contributed by atoms with Gasteiger partial charge >= 0.3 is 23.9 Å². The molecule has 15 nitrogen and oxygen atoms in total. The summed E-state index contributed by atoms with van der Waals surface area (Å²) in [5.41, 5.74) is -7.06. The molecule has 8 rings (SSSR count). The normalized spacial score (nSPS) is 32.6. The van der Waals surface area contributed by atoms with Gasteiger partial charge in [0.2, 0.25) is 5.78 Å². The fraction of sp³-hybridized carbons (Fsp3) is 0.458. The van der Waals surface area contributed by atoms with Gasteiger partial charge in [0.25, 0.3) is 11.7 Å². The summed E-state index contributed by atoms with van der Waals surface area (Å²) < 4.78 is 31.4. The number of carbonyl (C=O) groups excluding carboxylic acids is 6. The molecule has 2 saturated carbocycles. The van der Waals surface area contributed by atoms with Gasteiger partial charge in [-0.15, -0.1) is 0 Å². The predicted octanol–water partition coefficient (Wildman–Crippen LogP) is 4.39. The molecule has 3 aromatic carbocycles. The molecule has 63 heavy (non-hydrogen) atoms. The van der Waals surface area contributed by atoms with Gasteiger partial charge in [-0.25, -0.2) is 9.59 Å². The maximum atomic E-state index is 15.7. The van der Waals surface area contributed by atoms with Crippen LogP contribution >= 0.6 is 0 Å². The zero-order valence-electron chi connectivity index (χ0n) is 36.4. The maximum absolute atomic E-state index is 15.7. The van der Waals surface area contributed by atoms with Crippen LogP contribution in [0.2, 0.25) is 0 Å². The molecule has 2 saturated heterocycles. The topological polar surface area (TPSA) is 221 Å². The van der Waals surface area contributed by atoms with Gasteiger partial charge in [-0.05, 0) is 68.7 Å². The number of ether oxygens (including phenoxy) is 5. The number of fused-ring (bicyclic) bond motifs is 3. The molecular formula is C48H53NO14. The second-order valence-electron chi connectivity index (χ2n) is 18.0. The highest BCUT2D eigenvalue weighted by atomic mass is 16.7. The van der Waals surface area contributed by atoms with E-state index in [0.29, 0.717) is 11.1 Å². The first-order chi connectivity index (χ1) is 29.5. The first-order valence-corrected chi connectivity index (χ1v) is 20.8. The summed E-state index contributed by atoms with van der Waals surface area (Å²) in [5.74, 6) is -9.96. The molecule has 4 fully saturated rings. The molecule has 334 valence electrons. The molecule has 0 unspecified atom stereocenters. The molecule has 0 aromatic heterocycles. The zero-order valence-corrected chi connectivity index (χ0v) is 36.4. The minimum Gasteiger partial charge on any atom is -0.456 e. The van der Waals surface area contributed by atoms with E-state index in [-0.39, 0.29) is 28.7 Å². The van der Waals surface area contributed by atoms with Crippen molar-refractivity contribution in [1.82, 2.24) is 5.32 Å². The molecule has 11 atom stereocenters. The number of carbonyl (C=O) groups is 6. The van der Waals surface area contributed by atoms with Gasteiger partial charge in [-0.1, -0.05) is 74.5 Å². The van der Waals surface area contributed by atoms with Gasteiger partial charge in [0.1, 0.15) is 29.5 Å². The van der Waals surface area contributed by atoms with Crippen LogP contribution in [0.5, 0.6) is 0 Å². The van der Waals surface area contributed by atoms with E-state index in [1.165, 1.54) is 46.8 Å². The molecule has 0 spiro atoms. The third kappa shape index (κ3) is 7.14. The number of aryl methyl sites for hydroxylation is 1. The number of rotatable bonds is 10. The number of ketones is 1. The van der Waals surface area contributed by atoms with Crippen LogP contribution in [0.25, 0.3) is 0 Å². The molecule has 1 amide bonds. The van der Waals surface area contributed by atoms with Crippen LogP contribution in [-0.4, -0.2) is 98.4 Å². The Hall–Kier alpha value is -5.74. The van der Waals surface area contributed by atoms with Crippen LogP contribution < -0.4 is 5.32 Å². The highest BCUT2D eigenvalue weighted by molar-refractivity contribution is 5.99. The van der Waals surface area contributed by atoms with Crippen molar-refractivity contribution in [3.05, 3.63) is 118 Å². The van der Waals surface area contributed by atoms with Gasteiger partial charge in [0, 0.05) is 43.2 Å². The molecule has 3 aliphatic carbocycles. The van der Waals surface area contributed by atoms with Crippen molar-refractivity contribution in [2.24, 2.45) is 16.7 Å². The summed E-state index contributed by atoms with van der Waals surface area (Å²) in [4.78, 5) is 84.4. The van der Waals surface area contributed by atoms with Crippen molar-refractivity contribution in [3.63, 3.8) is 0 Å². The maximum Gasteiger partial charge on any atom is 0.338 e. The molecule has 3 aromatic rings. The molecule has 0 radical (unpaired) electrons. The minimum absolute atomic E-state index is 0.0603. The third-order valence-corrected chi connectivity index (χ3v) is 13.9. The lowest BCUT2D eigenvalue weighted by Crippen LogP contribution is -2.76. The third-order valence-electron chi connectivity index (χ3n) is 13.9. The largest absolute Gasteiger partial charge is 0.456 e. The Bertz CT molecular complexity index is 2380. The fourth-order valence-electron chi connectivity index (χ4n) is 10.8. The van der Waals surface area contributed by atoms with E-state index in [1.807, 2.05) is 0 Å². The molecule has 4 N–H and O–H groups in total. The van der Waals surface area contributed by atoms with Crippen LogP contribution in [0, 0.1) is 23.7 Å². The first-order valence-electron chi connectivity index (χ1n) is 20.8. The van der Waals surface area contributed by atoms with Crippen molar-refractivity contribution in [1.29, 1.82) is 0 Å². The fourth-order valence-corrected chi connectivity index (χ4v) is 10.8. The zero-order chi connectivity index (χ0) is 46.0. The number of aliphatic hydroxyl groups is 3. The van der Waals surface area contributed by atoms with Crippen molar-refractivity contribution in [3.8, 4) is 0 Å². The summed E-state index contributed by atoms with van der Waals surface area (Å²) >= 11 is 0. The number of benzene rings is 3. The SMILES string of the molecule is CC(=O)O[C@@]12O[C@@H]3C[C@H](O)[C@@](C)(C1=O)[C@H]([C@H](OC(=O)c1ccccc1)[C@]1(O)C[C@H](OC(=O)[C@H](O)[C@@H](NC(=O)c4ccccc4)c4ccccc4C)C(C)=C2C1(C)C)[C@@]3(C)OC(C)=O. The lowest BCUT2D eigenvalue weighted by Gasteiger charge is -2.62. The van der Waals surface area contributed by atoms with E-state index >= 15 is 4.79 Å². The molecule has 5 aliphatic rings. The molecule has 2 aliphatic heterocycles. The summed E-state index contributed by atoms with van der Waals surface area (Å²) in [7, 11) is 0. The second kappa shape index (κ2) is 16.1. The number of Topliss-reactive ketones (excluding diaryl/α,β-unsaturated/α-hetero) is 1. The van der Waals surface area contributed by atoms with Gasteiger partial charge in [0.05, 0.1) is 29.0 Å². The summed E-state index contributed by atoms with van der Waals surface area (Å²) in [6.07, 6.45) is -9.38. The van der Waals surface area contributed by atoms with E-state index < -0.39 is 112 Å². The minimum atomic E-state index is -2.74. The van der Waals surface area contributed by atoms with Crippen LogP contribution in [0.15, 0.2) is 96.1 Å².